The molecule has 1 heterocycles. The van der Waals surface area contributed by atoms with Gasteiger partial charge in [-0.25, -0.2) is 14.4 Å². The number of anilines is 3. The smallest absolute Gasteiger partial charge is 0.412 e. The number of aromatic nitrogens is 2. The van der Waals surface area contributed by atoms with Crippen LogP contribution < -0.4 is 37.8 Å². The minimum atomic E-state index is -1.76. The lowest BCUT2D eigenvalue weighted by atomic mass is 10.0. The van der Waals surface area contributed by atoms with Gasteiger partial charge in [0.15, 0.2) is 5.69 Å². The van der Waals surface area contributed by atoms with E-state index in [0.29, 0.717) is 35.6 Å². The average Bonchev–Trinajstić information content (AvgIpc) is 3.79. The number of ether oxygens (including phenoxy) is 2. The third kappa shape index (κ3) is 12.4. The summed E-state index contributed by atoms with van der Waals surface area (Å²) in [7, 11) is 0. The summed E-state index contributed by atoms with van der Waals surface area (Å²) in [5, 5.41) is 50.9. The number of H-pyrrole nitrogens is 2. The van der Waals surface area contributed by atoms with Gasteiger partial charge in [-0.1, -0.05) is 38.1 Å². The molecule has 55 heavy (non-hydrogen) atoms. The molecule has 1 aromatic heterocycles. The number of alkyl carbamates (subject to hydrolysis) is 1. The van der Waals surface area contributed by atoms with E-state index in [1.165, 1.54) is 19.1 Å². The number of fused-ring (bicyclic) bond motifs is 1. The Bertz CT molecular complexity index is 1760. The van der Waals surface area contributed by atoms with E-state index in [9.17, 15) is 44.1 Å². The quantitative estimate of drug-likeness (QED) is 0.0977. The molecule has 4 rings (SSSR count). The van der Waals surface area contributed by atoms with Gasteiger partial charge in [0.2, 0.25) is 11.8 Å². The number of hydrogen-bond donors (Lipinski definition) is 11. The van der Waals surface area contributed by atoms with Crippen molar-refractivity contribution < 1.29 is 49.1 Å². The maximum atomic E-state index is 13.1. The molecule has 2 aromatic rings. The van der Waals surface area contributed by atoms with E-state index in [1.807, 2.05) is 4.98 Å². The van der Waals surface area contributed by atoms with Crippen molar-refractivity contribution in [3.05, 3.63) is 62.8 Å². The Kier molecular flexibility index (Phi) is 15.4. The Morgan fingerprint density at radius 2 is 1.49 bits per heavy atom. The molecule has 0 bridgehead atoms. The van der Waals surface area contributed by atoms with Gasteiger partial charge in [0.05, 0.1) is 19.3 Å². The molecule has 2 aliphatic rings. The highest BCUT2D eigenvalue weighted by Crippen LogP contribution is 2.52. The lowest BCUT2D eigenvalue weighted by molar-refractivity contribution is -0.128. The third-order valence-electron chi connectivity index (χ3n) is 9.61. The highest BCUT2D eigenvalue weighted by Gasteiger charge is 2.49. The van der Waals surface area contributed by atoms with Gasteiger partial charge in [-0.2, -0.15) is 0 Å². The summed E-state index contributed by atoms with van der Waals surface area (Å²) in [6.45, 7) is 3.75. The number of allylic oxidation sites excluding steroid dienone is 2. The predicted octanol–water partition coefficient (Wildman–Crippen LogP) is 0.485. The van der Waals surface area contributed by atoms with E-state index >= 15 is 0 Å². The Hall–Kier alpha value is -5.24. The van der Waals surface area contributed by atoms with Gasteiger partial charge in [0, 0.05) is 12.2 Å². The number of carbonyl (C=O) groups is 4. The summed E-state index contributed by atoms with van der Waals surface area (Å²) < 4.78 is 10.7. The van der Waals surface area contributed by atoms with E-state index in [2.05, 4.69) is 43.7 Å². The van der Waals surface area contributed by atoms with Crippen LogP contribution in [0.5, 0.6) is 0 Å². The normalized spacial score (nSPS) is 20.8. The maximum absolute atomic E-state index is 13.1. The van der Waals surface area contributed by atoms with Crippen molar-refractivity contribution in [1.82, 2.24) is 20.6 Å². The van der Waals surface area contributed by atoms with Gasteiger partial charge in [-0.15, -0.1) is 0 Å². The fourth-order valence-electron chi connectivity index (χ4n) is 6.34. The molecule has 1 saturated carbocycles. The minimum absolute atomic E-state index is 0.272. The number of amides is 4. The Labute approximate surface area is 316 Å². The zero-order chi connectivity index (χ0) is 40.2. The molecule has 0 unspecified atom stereocenters. The third-order valence-corrected chi connectivity index (χ3v) is 9.61. The van der Waals surface area contributed by atoms with E-state index < -0.39 is 84.5 Å². The first-order valence-electron chi connectivity index (χ1n) is 18.2. The minimum Gasteiger partial charge on any atom is -0.449 e. The predicted molar refractivity (Wildman–Crippen MR) is 199 cm³/mol. The molecule has 2 aliphatic carbocycles. The van der Waals surface area contributed by atoms with E-state index in [-0.39, 0.29) is 18.3 Å². The highest BCUT2D eigenvalue weighted by atomic mass is 16.6. The van der Waals surface area contributed by atoms with Crippen LogP contribution in [-0.4, -0.2) is 105 Å². The second-order valence-corrected chi connectivity index (χ2v) is 14.0. The molecular weight excluding hydrogens is 722 g/mol. The van der Waals surface area contributed by atoms with E-state index in [0.717, 1.165) is 25.7 Å². The van der Waals surface area contributed by atoms with Crippen molar-refractivity contribution >= 4 is 41.2 Å². The Morgan fingerprint density at radius 1 is 0.836 bits per heavy atom. The number of aliphatic hydroxyl groups is 4. The van der Waals surface area contributed by atoms with Crippen LogP contribution in [-0.2, 0) is 25.7 Å². The lowest BCUT2D eigenvalue weighted by Gasteiger charge is -2.23. The average molecular weight is 774 g/mol. The maximum Gasteiger partial charge on any atom is 0.412 e. The van der Waals surface area contributed by atoms with Gasteiger partial charge in [0.25, 0.3) is 5.56 Å². The van der Waals surface area contributed by atoms with Gasteiger partial charge in [-0.3, -0.25) is 29.7 Å². The van der Waals surface area contributed by atoms with Crippen LogP contribution in [0.15, 0.2) is 46.0 Å². The number of hydrogen-bond acceptors (Lipinski definition) is 13. The largest absolute Gasteiger partial charge is 0.449 e. The molecule has 0 spiro atoms. The molecule has 1 fully saturated rings. The van der Waals surface area contributed by atoms with Crippen molar-refractivity contribution in [2.75, 3.05) is 35.7 Å². The van der Waals surface area contributed by atoms with E-state index in [4.69, 9.17) is 14.6 Å². The van der Waals surface area contributed by atoms with Gasteiger partial charge in [-0.05, 0) is 74.0 Å². The van der Waals surface area contributed by atoms with Crippen molar-refractivity contribution in [3.63, 3.8) is 0 Å². The van der Waals surface area contributed by atoms with Gasteiger partial charge < -0.3 is 51.2 Å². The zero-order valence-corrected chi connectivity index (χ0v) is 30.9. The monoisotopic (exact) mass is 773 g/mol. The molecule has 4 amide bonds. The molecule has 19 heteroatoms. The van der Waals surface area contributed by atoms with Gasteiger partial charge in [0.1, 0.15) is 36.7 Å². The summed E-state index contributed by atoms with van der Waals surface area (Å²) in [6, 6.07) is 4.29. The number of rotatable bonds is 17. The summed E-state index contributed by atoms with van der Waals surface area (Å²) >= 11 is 0. The summed E-state index contributed by atoms with van der Waals surface area (Å²) in [5.74, 6) is -0.222. The second kappa shape index (κ2) is 19.9. The number of benzene rings is 1. The second-order valence-electron chi connectivity index (χ2n) is 14.0. The number of aromatic amines is 2. The van der Waals surface area contributed by atoms with Crippen molar-refractivity contribution in [2.24, 2.45) is 23.7 Å². The SMILES string of the molecule is CC(C)[C@H](NC(=O)OC[C@H]1[C@@H]2CC/C=C\CC[C@@H]21)C(=O)N[C@@H](C)C(=O)Nc1ccc(COC(=O)Nc2c(NC[C@H](O)[C@H](O)[C@H](O)CO)[nH]c(=O)[nH]c2=O)cc1. The number of nitrogens with one attached hydrogen (secondary N) is 7. The van der Waals surface area contributed by atoms with Crippen LogP contribution in [0.3, 0.4) is 0 Å². The van der Waals surface area contributed by atoms with Crippen molar-refractivity contribution in [3.8, 4) is 0 Å². The van der Waals surface area contributed by atoms with Crippen LogP contribution in [0.4, 0.5) is 26.8 Å². The number of carbonyl (C=O) groups excluding carboxylic acids is 4. The zero-order valence-electron chi connectivity index (χ0n) is 30.9. The standard InChI is InChI=1S/C36H51N7O12/c1-18(2)27(40-35(52)55-17-24-22-8-6-4-5-7-9-23(22)24)32(49)38-19(3)31(48)39-21-12-10-20(11-13-21)16-54-36(53)41-28-30(42-34(51)43-33(28)50)37-14-25(45)29(47)26(46)15-44/h4-5,10-13,18-19,22-27,29,44-47H,6-9,14-17H2,1-3H3,(H,38,49)(H,39,48)(H,40,52)(H,41,53)(H3,37,42,43,50,51)/b5-4-/t19-,22-,23+,24+,25-,26+,27-,29-/m0/s1. The fourth-order valence-corrected chi connectivity index (χ4v) is 6.34. The van der Waals surface area contributed by atoms with Gasteiger partial charge >= 0.3 is 17.9 Å². The first kappa shape index (κ1) is 42.5. The lowest BCUT2D eigenvalue weighted by Crippen LogP contribution is -2.53. The van der Waals surface area contributed by atoms with Crippen molar-refractivity contribution in [1.29, 1.82) is 0 Å². The van der Waals surface area contributed by atoms with Crippen LogP contribution in [0.1, 0.15) is 52.0 Å². The van der Waals surface area contributed by atoms with Crippen molar-refractivity contribution in [2.45, 2.75) is 83.5 Å². The molecule has 0 radical (unpaired) electrons. The van der Waals surface area contributed by atoms with E-state index in [1.54, 1.807) is 26.0 Å². The first-order chi connectivity index (χ1) is 26.2. The van der Waals surface area contributed by atoms with Crippen LogP contribution >= 0.6 is 0 Å². The van der Waals surface area contributed by atoms with Crippen LogP contribution in [0.25, 0.3) is 0 Å². The molecular formula is C36H51N7O12. The van der Waals surface area contributed by atoms with Crippen LogP contribution in [0, 0.1) is 23.7 Å². The summed E-state index contributed by atoms with van der Waals surface area (Å²) in [6.07, 6.45) is 1.83. The summed E-state index contributed by atoms with van der Waals surface area (Å²) in [4.78, 5) is 79.5. The summed E-state index contributed by atoms with van der Waals surface area (Å²) in [5.41, 5.74) is -1.57. The molecule has 0 saturated heterocycles. The Balaban J connectivity index is 1.22. The van der Waals surface area contributed by atoms with Crippen LogP contribution in [0.2, 0.25) is 0 Å². The topological polar surface area (TPSA) is 294 Å². The first-order valence-corrected chi connectivity index (χ1v) is 18.2. The number of aliphatic hydroxyl groups excluding tert-OH is 4. The fraction of sp³-hybridized carbons (Fsp3) is 0.556. The molecule has 302 valence electrons. The Morgan fingerprint density at radius 3 is 2.11 bits per heavy atom. The molecule has 1 aromatic carbocycles. The molecule has 11 N–H and O–H groups in total. The molecule has 8 atom stereocenters. The molecule has 19 nitrogen and oxygen atoms in total. The highest BCUT2D eigenvalue weighted by molar-refractivity contribution is 5.98. The molecule has 0 aliphatic heterocycles.